The van der Waals surface area contributed by atoms with E-state index in [9.17, 15) is 31.1 Å². The number of carbonyl (C=O) groups excluding carboxylic acids is 1. The molecule has 0 radical (unpaired) electrons. The zero-order chi connectivity index (χ0) is 27.8. The first-order valence-electron chi connectivity index (χ1n) is 10.6. The molecule has 1 fully saturated rings. The molecule has 4 heterocycles. The Kier molecular flexibility index (Phi) is 7.39. The Bertz CT molecular complexity index is 1300. The third kappa shape index (κ3) is 6.28. The zero-order valence-corrected chi connectivity index (χ0v) is 19.6. The summed E-state index contributed by atoms with van der Waals surface area (Å²) in [6.45, 7) is 6.46. The van der Waals surface area contributed by atoms with Gasteiger partial charge in [0.1, 0.15) is 11.4 Å². The smallest absolute Gasteiger partial charge is 0.475 e. The molecule has 1 amide bonds. The molecule has 0 spiro atoms. The van der Waals surface area contributed by atoms with E-state index in [0.717, 1.165) is 30.5 Å². The first kappa shape index (κ1) is 27.7. The molecule has 0 saturated carbocycles. The van der Waals surface area contributed by atoms with Crippen molar-refractivity contribution in [3.8, 4) is 0 Å². The molecule has 1 aliphatic heterocycles. The molecule has 3 aromatic heterocycles. The van der Waals surface area contributed by atoms with Crippen LogP contribution in [-0.4, -0.2) is 72.7 Å². The van der Waals surface area contributed by atoms with Gasteiger partial charge in [-0.1, -0.05) is 0 Å². The summed E-state index contributed by atoms with van der Waals surface area (Å²) >= 11 is 0. The minimum absolute atomic E-state index is 0.0711. The fourth-order valence-corrected chi connectivity index (χ4v) is 3.56. The molecule has 0 atom stereocenters. The van der Waals surface area contributed by atoms with Crippen LogP contribution >= 0.6 is 0 Å². The second-order valence-corrected chi connectivity index (χ2v) is 8.57. The topological polar surface area (TPSA) is 130 Å². The third-order valence-corrected chi connectivity index (χ3v) is 5.26. The van der Waals surface area contributed by atoms with Gasteiger partial charge in [-0.15, -0.1) is 0 Å². The van der Waals surface area contributed by atoms with Crippen LogP contribution in [-0.2, 0) is 18.0 Å². The van der Waals surface area contributed by atoms with E-state index >= 15 is 0 Å². The predicted octanol–water partition coefficient (Wildman–Crippen LogP) is 2.56. The molecule has 0 unspecified atom stereocenters. The summed E-state index contributed by atoms with van der Waals surface area (Å²) in [4.78, 5) is 28.4. The van der Waals surface area contributed by atoms with E-state index in [4.69, 9.17) is 9.90 Å². The molecule has 11 nitrogen and oxygen atoms in total. The number of anilines is 2. The number of hydrogen-bond donors (Lipinski definition) is 3. The van der Waals surface area contributed by atoms with Crippen LogP contribution in [0.4, 0.5) is 37.8 Å². The van der Waals surface area contributed by atoms with Crippen LogP contribution in [0.1, 0.15) is 29.9 Å². The van der Waals surface area contributed by atoms with Gasteiger partial charge in [-0.2, -0.15) is 36.5 Å². The van der Waals surface area contributed by atoms with Gasteiger partial charge in [-0.3, -0.25) is 9.48 Å². The van der Waals surface area contributed by atoms with Crippen LogP contribution in [0, 0.1) is 0 Å². The highest BCUT2D eigenvalue weighted by Crippen LogP contribution is 2.33. The summed E-state index contributed by atoms with van der Waals surface area (Å²) in [6, 6.07) is 1.80. The first-order valence-corrected chi connectivity index (χ1v) is 10.6. The molecule has 4 rings (SSSR count). The maximum Gasteiger partial charge on any atom is 0.490 e. The normalized spacial score (nSPS) is 15.8. The Morgan fingerprint density at radius 2 is 1.84 bits per heavy atom. The number of nitrogens with one attached hydrogen (secondary N) is 2. The number of carbonyl (C=O) groups is 2. The van der Waals surface area contributed by atoms with E-state index in [1.165, 1.54) is 17.8 Å². The monoisotopic (exact) mass is 536 g/mol. The van der Waals surface area contributed by atoms with Crippen LogP contribution in [0.2, 0.25) is 0 Å². The number of carboxylic acids is 1. The van der Waals surface area contributed by atoms with Gasteiger partial charge < -0.3 is 20.6 Å². The zero-order valence-electron chi connectivity index (χ0n) is 19.6. The van der Waals surface area contributed by atoms with Gasteiger partial charge in [0, 0.05) is 44.6 Å². The van der Waals surface area contributed by atoms with Crippen molar-refractivity contribution in [1.82, 2.24) is 29.7 Å². The van der Waals surface area contributed by atoms with Gasteiger partial charge in [-0.05, 0) is 19.9 Å². The molecule has 1 saturated heterocycles. The molecule has 1 aliphatic rings. The summed E-state index contributed by atoms with van der Waals surface area (Å²) in [5.74, 6) is -2.83. The Morgan fingerprint density at radius 3 is 2.41 bits per heavy atom. The number of aryl methyl sites for hydroxylation is 1. The molecule has 17 heteroatoms. The number of hydrogen-bond acceptors (Lipinski definition) is 7. The molecule has 37 heavy (non-hydrogen) atoms. The van der Waals surface area contributed by atoms with Gasteiger partial charge in [0.2, 0.25) is 0 Å². The van der Waals surface area contributed by atoms with Crippen molar-refractivity contribution in [2.75, 3.05) is 29.9 Å². The van der Waals surface area contributed by atoms with E-state index in [0.29, 0.717) is 5.82 Å². The standard InChI is InChI=1S/C18H21F3N8O.C2HF3O2/c1-17(2)10-22-5-7-28(17)13-4-6-29-15(25-13)11(8-23-29)16(30)24-12-9-27(3)26-14(12)18(19,20)21;3-2(4,5)1(6)7/h4,6,8-9,22H,5,7,10H2,1-3H3,(H,24,30);(H,6,7). The number of alkyl halides is 6. The van der Waals surface area contributed by atoms with E-state index < -0.39 is 35.6 Å². The van der Waals surface area contributed by atoms with Crippen molar-refractivity contribution >= 4 is 29.0 Å². The first-order chi connectivity index (χ1) is 17.0. The predicted molar refractivity (Wildman–Crippen MR) is 117 cm³/mol. The van der Waals surface area contributed by atoms with E-state index in [1.54, 1.807) is 12.3 Å². The number of piperazine rings is 1. The third-order valence-electron chi connectivity index (χ3n) is 5.26. The highest BCUT2D eigenvalue weighted by atomic mass is 19.4. The number of aromatic nitrogens is 5. The van der Waals surface area contributed by atoms with Gasteiger partial charge in [-0.25, -0.2) is 14.3 Å². The van der Waals surface area contributed by atoms with E-state index in [2.05, 4.69) is 44.6 Å². The van der Waals surface area contributed by atoms with Crippen LogP contribution in [0.5, 0.6) is 0 Å². The summed E-state index contributed by atoms with van der Waals surface area (Å²) in [5, 5.41) is 20.2. The largest absolute Gasteiger partial charge is 0.490 e. The Balaban J connectivity index is 0.000000479. The molecule has 3 N–H and O–H groups in total. The van der Waals surface area contributed by atoms with E-state index in [1.807, 2.05) is 0 Å². The fourth-order valence-electron chi connectivity index (χ4n) is 3.56. The highest BCUT2D eigenvalue weighted by molar-refractivity contribution is 6.08. The SMILES string of the molecule is Cn1cc(NC(=O)c2cnn3ccc(N4CCNCC4(C)C)nc23)c(C(F)(F)F)n1.O=C(O)C(F)(F)F. The maximum atomic E-state index is 13.2. The lowest BCUT2D eigenvalue weighted by atomic mass is 10.0. The number of carboxylic acid groups (broad SMARTS) is 1. The van der Waals surface area contributed by atoms with Crippen molar-refractivity contribution in [3.63, 3.8) is 0 Å². The van der Waals surface area contributed by atoms with Gasteiger partial charge in [0.25, 0.3) is 5.91 Å². The average Bonchev–Trinajstić information content (AvgIpc) is 3.35. The number of nitrogens with zero attached hydrogens (tertiary/aromatic N) is 6. The van der Waals surface area contributed by atoms with Crippen LogP contribution in [0.15, 0.2) is 24.7 Å². The minimum Gasteiger partial charge on any atom is -0.475 e. The highest BCUT2D eigenvalue weighted by Gasteiger charge is 2.39. The quantitative estimate of drug-likeness (QED) is 0.436. The number of aliphatic carboxylic acids is 1. The number of fused-ring (bicyclic) bond motifs is 1. The fraction of sp³-hybridized carbons (Fsp3) is 0.450. The molecular weight excluding hydrogens is 514 g/mol. The van der Waals surface area contributed by atoms with Crippen molar-refractivity contribution < 1.29 is 41.0 Å². The summed E-state index contributed by atoms with van der Waals surface area (Å²) in [5.41, 5.74) is -1.44. The van der Waals surface area contributed by atoms with Crippen molar-refractivity contribution in [2.45, 2.75) is 31.7 Å². The van der Waals surface area contributed by atoms with Crippen LogP contribution in [0.25, 0.3) is 5.65 Å². The lowest BCUT2D eigenvalue weighted by Gasteiger charge is -2.43. The number of amides is 1. The lowest BCUT2D eigenvalue weighted by Crippen LogP contribution is -2.58. The van der Waals surface area contributed by atoms with Crippen molar-refractivity contribution in [1.29, 1.82) is 0 Å². The van der Waals surface area contributed by atoms with Crippen LogP contribution in [0.3, 0.4) is 0 Å². The minimum atomic E-state index is -5.08. The second kappa shape index (κ2) is 9.87. The summed E-state index contributed by atoms with van der Waals surface area (Å²) in [7, 11) is 1.35. The maximum absolute atomic E-state index is 13.2. The molecule has 202 valence electrons. The van der Waals surface area contributed by atoms with Crippen LogP contribution < -0.4 is 15.5 Å². The molecular formula is C20H22F6N8O3. The lowest BCUT2D eigenvalue weighted by molar-refractivity contribution is -0.192. The average molecular weight is 536 g/mol. The van der Waals surface area contributed by atoms with Gasteiger partial charge in [0.05, 0.1) is 11.9 Å². The molecule has 0 aliphatic carbocycles. The Hall–Kier alpha value is -3.89. The van der Waals surface area contributed by atoms with Crippen molar-refractivity contribution in [3.05, 3.63) is 35.9 Å². The molecule has 0 aromatic carbocycles. The summed E-state index contributed by atoms with van der Waals surface area (Å²) < 4.78 is 73.7. The Morgan fingerprint density at radius 1 is 1.19 bits per heavy atom. The molecule has 3 aromatic rings. The van der Waals surface area contributed by atoms with E-state index in [-0.39, 0.29) is 16.7 Å². The Labute approximate surface area is 205 Å². The molecule has 0 bridgehead atoms. The number of rotatable bonds is 3. The van der Waals surface area contributed by atoms with Gasteiger partial charge in [0.15, 0.2) is 11.3 Å². The summed E-state index contributed by atoms with van der Waals surface area (Å²) in [6.07, 6.45) is -5.70. The van der Waals surface area contributed by atoms with Crippen molar-refractivity contribution in [2.24, 2.45) is 7.05 Å². The number of halogens is 6. The second-order valence-electron chi connectivity index (χ2n) is 8.57. The van der Waals surface area contributed by atoms with Gasteiger partial charge >= 0.3 is 18.3 Å².